The van der Waals surface area contributed by atoms with Crippen LogP contribution in [0.25, 0.3) is 0 Å². The van der Waals surface area contributed by atoms with Gasteiger partial charge in [-0.3, -0.25) is 0 Å². The molecule has 0 N–H and O–H groups in total. The number of likely N-dealkylation sites (N-methyl/N-ethyl adjacent to an activating group) is 1. The predicted molar refractivity (Wildman–Crippen MR) is 45.8 cm³/mol. The molecule has 0 saturated heterocycles. The van der Waals surface area contributed by atoms with Crippen LogP contribution in [0, 0.1) is 12.3 Å². The summed E-state index contributed by atoms with van der Waals surface area (Å²) in [6, 6.07) is 0. The summed E-state index contributed by atoms with van der Waals surface area (Å²) in [5.41, 5.74) is 1.24. The Morgan fingerprint density at radius 3 is 2.70 bits per heavy atom. The van der Waals surface area contributed by atoms with Crippen molar-refractivity contribution >= 4 is 0 Å². The molecule has 0 radical (unpaired) electrons. The van der Waals surface area contributed by atoms with Gasteiger partial charge in [0.2, 0.25) is 0 Å². The Balaban J connectivity index is 3.70. The molecule has 0 unspecified atom stereocenters. The number of nitrogens with zero attached hydrogens (tertiary/aromatic N) is 1. The van der Waals surface area contributed by atoms with Gasteiger partial charge in [0.1, 0.15) is 0 Å². The molecule has 1 nitrogen and oxygen atoms in total. The first-order valence-corrected chi connectivity index (χ1v) is 3.51. The second kappa shape index (κ2) is 5.08. The summed E-state index contributed by atoms with van der Waals surface area (Å²) in [6.45, 7) is 6.21. The molecule has 0 atom stereocenters. The largest absolute Gasteiger partial charge is 0.303 e. The van der Waals surface area contributed by atoms with E-state index in [4.69, 9.17) is 6.42 Å². The molecule has 10 heavy (non-hydrogen) atoms. The molecule has 0 saturated carbocycles. The van der Waals surface area contributed by atoms with Crippen LogP contribution in [0.5, 0.6) is 0 Å². The van der Waals surface area contributed by atoms with Crippen molar-refractivity contribution in [3.05, 3.63) is 11.6 Å². The van der Waals surface area contributed by atoms with Crippen molar-refractivity contribution in [2.45, 2.75) is 13.8 Å². The van der Waals surface area contributed by atoms with E-state index in [1.165, 1.54) is 5.57 Å². The van der Waals surface area contributed by atoms with Crippen molar-refractivity contribution in [2.75, 3.05) is 20.1 Å². The summed E-state index contributed by atoms with van der Waals surface area (Å²) in [4.78, 5) is 2.21. The molecule has 0 aliphatic carbocycles. The maximum atomic E-state index is 5.10. The van der Waals surface area contributed by atoms with Crippen LogP contribution in [0.2, 0.25) is 0 Å². The van der Waals surface area contributed by atoms with Crippen LogP contribution < -0.4 is 0 Å². The third-order valence-corrected chi connectivity index (χ3v) is 1.39. The Labute approximate surface area is 63.7 Å². The lowest BCUT2D eigenvalue weighted by Crippen LogP contribution is -2.19. The fourth-order valence-corrected chi connectivity index (χ4v) is 0.725. The minimum Gasteiger partial charge on any atom is -0.303 e. The highest BCUT2D eigenvalue weighted by molar-refractivity contribution is 5.16. The van der Waals surface area contributed by atoms with E-state index < -0.39 is 0 Å². The average Bonchev–Trinajstić information content (AvgIpc) is 1.88. The molecular weight excluding hydrogens is 122 g/mol. The van der Waals surface area contributed by atoms with E-state index in [2.05, 4.69) is 24.8 Å². The van der Waals surface area contributed by atoms with Gasteiger partial charge in [-0.2, -0.15) is 0 Å². The zero-order chi connectivity index (χ0) is 7.98. The summed E-state index contributed by atoms with van der Waals surface area (Å²) >= 11 is 0. The van der Waals surface area contributed by atoms with E-state index in [0.717, 1.165) is 13.1 Å². The van der Waals surface area contributed by atoms with E-state index >= 15 is 0 Å². The van der Waals surface area contributed by atoms with Gasteiger partial charge in [-0.1, -0.05) is 18.4 Å². The van der Waals surface area contributed by atoms with Crippen molar-refractivity contribution in [3.8, 4) is 12.3 Å². The zero-order valence-electron chi connectivity index (χ0n) is 7.02. The number of hydrogen-bond acceptors (Lipinski definition) is 1. The highest BCUT2D eigenvalue weighted by atomic mass is 15.1. The molecule has 0 aromatic carbocycles. The standard InChI is InChI=1S/C9H15N/c1-5-7-9(3)8-10(4)6-2/h1,7H,6,8H2,2-4H3/b9-7+. The van der Waals surface area contributed by atoms with Crippen LogP contribution in [0.15, 0.2) is 11.6 Å². The number of rotatable bonds is 3. The Kier molecular flexibility index (Phi) is 4.70. The van der Waals surface area contributed by atoms with Gasteiger partial charge >= 0.3 is 0 Å². The Bertz CT molecular complexity index is 151. The smallest absolute Gasteiger partial charge is 0.0196 e. The lowest BCUT2D eigenvalue weighted by Gasteiger charge is -2.12. The van der Waals surface area contributed by atoms with Gasteiger partial charge in [-0.05, 0) is 26.6 Å². The third-order valence-electron chi connectivity index (χ3n) is 1.39. The molecule has 0 heterocycles. The van der Waals surface area contributed by atoms with Crippen LogP contribution in [0.4, 0.5) is 0 Å². The van der Waals surface area contributed by atoms with Crippen molar-refractivity contribution < 1.29 is 0 Å². The summed E-state index contributed by atoms with van der Waals surface area (Å²) in [5, 5.41) is 0. The number of allylic oxidation sites excluding steroid dienone is 1. The van der Waals surface area contributed by atoms with Gasteiger partial charge in [-0.15, -0.1) is 6.42 Å². The maximum Gasteiger partial charge on any atom is 0.0196 e. The quantitative estimate of drug-likeness (QED) is 0.533. The number of terminal acetylenes is 1. The number of hydrogen-bond donors (Lipinski definition) is 0. The summed E-state index contributed by atoms with van der Waals surface area (Å²) in [6.07, 6.45) is 6.91. The molecule has 0 aromatic rings. The molecule has 0 fully saturated rings. The molecule has 0 aromatic heterocycles. The van der Waals surface area contributed by atoms with Gasteiger partial charge in [0, 0.05) is 6.54 Å². The molecule has 0 spiro atoms. The maximum absolute atomic E-state index is 5.10. The highest BCUT2D eigenvalue weighted by Crippen LogP contribution is 1.93. The zero-order valence-corrected chi connectivity index (χ0v) is 7.02. The van der Waals surface area contributed by atoms with Gasteiger partial charge in [0.15, 0.2) is 0 Å². The van der Waals surface area contributed by atoms with Crippen LogP contribution in [0.3, 0.4) is 0 Å². The lowest BCUT2D eigenvalue weighted by atomic mass is 10.3. The Morgan fingerprint density at radius 2 is 2.30 bits per heavy atom. The minimum atomic E-state index is 0.973. The molecule has 0 rings (SSSR count). The van der Waals surface area contributed by atoms with E-state index in [1.54, 1.807) is 0 Å². The second-order valence-corrected chi connectivity index (χ2v) is 2.49. The van der Waals surface area contributed by atoms with Crippen molar-refractivity contribution in [1.82, 2.24) is 4.90 Å². The monoisotopic (exact) mass is 137 g/mol. The fourth-order valence-electron chi connectivity index (χ4n) is 0.725. The summed E-state index contributed by atoms with van der Waals surface area (Å²) in [7, 11) is 2.08. The lowest BCUT2D eigenvalue weighted by molar-refractivity contribution is 0.383. The second-order valence-electron chi connectivity index (χ2n) is 2.49. The average molecular weight is 137 g/mol. The van der Waals surface area contributed by atoms with E-state index in [-0.39, 0.29) is 0 Å². The van der Waals surface area contributed by atoms with Crippen molar-refractivity contribution in [3.63, 3.8) is 0 Å². The summed E-state index contributed by atoms with van der Waals surface area (Å²) < 4.78 is 0. The van der Waals surface area contributed by atoms with Crippen LogP contribution in [-0.2, 0) is 0 Å². The molecule has 56 valence electrons. The highest BCUT2D eigenvalue weighted by Gasteiger charge is 1.93. The van der Waals surface area contributed by atoms with Crippen LogP contribution in [-0.4, -0.2) is 25.0 Å². The van der Waals surface area contributed by atoms with Crippen LogP contribution >= 0.6 is 0 Å². The van der Waals surface area contributed by atoms with Gasteiger partial charge < -0.3 is 4.90 Å². The Hall–Kier alpha value is -0.740. The molecular formula is C9H15N. The van der Waals surface area contributed by atoms with Crippen molar-refractivity contribution in [2.24, 2.45) is 0 Å². The fraction of sp³-hybridized carbons (Fsp3) is 0.556. The Morgan fingerprint density at radius 1 is 1.70 bits per heavy atom. The first-order chi connectivity index (χ1) is 4.70. The van der Waals surface area contributed by atoms with E-state index in [1.807, 2.05) is 13.0 Å². The normalized spacial score (nSPS) is 11.7. The minimum absolute atomic E-state index is 0.973. The van der Waals surface area contributed by atoms with Gasteiger partial charge in [0.05, 0.1) is 0 Å². The van der Waals surface area contributed by atoms with Gasteiger partial charge in [0.25, 0.3) is 0 Å². The molecule has 0 aliphatic rings. The van der Waals surface area contributed by atoms with E-state index in [9.17, 15) is 0 Å². The van der Waals surface area contributed by atoms with E-state index in [0.29, 0.717) is 0 Å². The summed E-state index contributed by atoms with van der Waals surface area (Å²) in [5.74, 6) is 2.51. The molecule has 1 heteroatoms. The SMILES string of the molecule is C#C/C=C(\C)CN(C)CC. The topological polar surface area (TPSA) is 3.24 Å². The molecule has 0 bridgehead atoms. The first kappa shape index (κ1) is 9.26. The van der Waals surface area contributed by atoms with Crippen molar-refractivity contribution in [1.29, 1.82) is 0 Å². The van der Waals surface area contributed by atoms with Crippen LogP contribution in [0.1, 0.15) is 13.8 Å². The first-order valence-electron chi connectivity index (χ1n) is 3.51. The third kappa shape index (κ3) is 4.17. The molecule has 0 amide bonds. The predicted octanol–water partition coefficient (Wildman–Crippen LogP) is 1.52. The molecule has 0 aliphatic heterocycles. The van der Waals surface area contributed by atoms with Gasteiger partial charge in [-0.25, -0.2) is 0 Å².